The molecule has 1 fully saturated rings. The molecule has 1 saturated heterocycles. The summed E-state index contributed by atoms with van der Waals surface area (Å²) in [5, 5.41) is 3.14. The van der Waals surface area contributed by atoms with Gasteiger partial charge in [-0.1, -0.05) is 12.1 Å². The van der Waals surface area contributed by atoms with Crippen molar-refractivity contribution in [3.63, 3.8) is 0 Å². The SMILES string of the molecule is Cl.O=S(=O)(c1ccccc1Br)N1CCNCC1. The normalized spacial score (nSPS) is 17.5. The van der Waals surface area contributed by atoms with Gasteiger partial charge in [0, 0.05) is 30.7 Å². The van der Waals surface area contributed by atoms with Gasteiger partial charge in [-0.2, -0.15) is 4.31 Å². The first-order valence-corrected chi connectivity index (χ1v) is 7.31. The molecule has 7 heteroatoms. The van der Waals surface area contributed by atoms with Gasteiger partial charge in [-0.25, -0.2) is 8.42 Å². The van der Waals surface area contributed by atoms with E-state index in [-0.39, 0.29) is 12.4 Å². The highest BCUT2D eigenvalue weighted by Crippen LogP contribution is 2.24. The number of nitrogens with zero attached hydrogens (tertiary/aromatic N) is 1. The van der Waals surface area contributed by atoms with Crippen molar-refractivity contribution in [2.45, 2.75) is 4.90 Å². The van der Waals surface area contributed by atoms with E-state index in [4.69, 9.17) is 0 Å². The summed E-state index contributed by atoms with van der Waals surface area (Å²) in [6, 6.07) is 6.91. The average molecular weight is 342 g/mol. The number of hydrogen-bond acceptors (Lipinski definition) is 3. The van der Waals surface area contributed by atoms with Crippen molar-refractivity contribution in [1.82, 2.24) is 9.62 Å². The van der Waals surface area contributed by atoms with Crippen LogP contribution in [0.15, 0.2) is 33.6 Å². The zero-order valence-corrected chi connectivity index (χ0v) is 12.3. The lowest BCUT2D eigenvalue weighted by Gasteiger charge is -2.26. The summed E-state index contributed by atoms with van der Waals surface area (Å²) in [4.78, 5) is 0.344. The van der Waals surface area contributed by atoms with Crippen LogP contribution in [-0.4, -0.2) is 38.9 Å². The lowest BCUT2D eigenvalue weighted by atomic mass is 10.4. The number of sulfonamides is 1. The van der Waals surface area contributed by atoms with Crippen molar-refractivity contribution in [1.29, 1.82) is 0 Å². The highest BCUT2D eigenvalue weighted by molar-refractivity contribution is 9.10. The molecule has 0 bridgehead atoms. The van der Waals surface area contributed by atoms with Gasteiger partial charge in [-0.05, 0) is 28.1 Å². The Morgan fingerprint density at radius 3 is 2.35 bits per heavy atom. The maximum atomic E-state index is 12.3. The van der Waals surface area contributed by atoms with Crippen molar-refractivity contribution in [2.24, 2.45) is 0 Å². The Labute approximate surface area is 116 Å². The minimum atomic E-state index is -3.35. The number of piperazine rings is 1. The first-order chi connectivity index (χ1) is 7.62. The molecule has 0 spiro atoms. The summed E-state index contributed by atoms with van der Waals surface area (Å²) in [5.41, 5.74) is 0. The number of hydrogen-bond donors (Lipinski definition) is 1. The topological polar surface area (TPSA) is 49.4 Å². The Hall–Kier alpha value is -0.140. The Morgan fingerprint density at radius 1 is 1.18 bits per heavy atom. The van der Waals surface area contributed by atoms with Crippen molar-refractivity contribution >= 4 is 38.4 Å². The zero-order chi connectivity index (χ0) is 11.6. The molecule has 1 heterocycles. The fraction of sp³-hybridized carbons (Fsp3) is 0.400. The van der Waals surface area contributed by atoms with Crippen LogP contribution < -0.4 is 5.32 Å². The van der Waals surface area contributed by atoms with Crippen LogP contribution in [0.3, 0.4) is 0 Å². The van der Waals surface area contributed by atoms with Gasteiger partial charge in [0.25, 0.3) is 0 Å². The van der Waals surface area contributed by atoms with E-state index >= 15 is 0 Å². The molecule has 4 nitrogen and oxygen atoms in total. The molecule has 17 heavy (non-hydrogen) atoms. The van der Waals surface area contributed by atoms with Crippen LogP contribution in [0.4, 0.5) is 0 Å². The first-order valence-electron chi connectivity index (χ1n) is 5.08. The number of nitrogens with one attached hydrogen (secondary N) is 1. The molecule has 0 aromatic heterocycles. The van der Waals surface area contributed by atoms with Crippen LogP contribution in [0, 0.1) is 0 Å². The van der Waals surface area contributed by atoms with Gasteiger partial charge in [0.1, 0.15) is 0 Å². The summed E-state index contributed by atoms with van der Waals surface area (Å²) in [7, 11) is -3.35. The molecule has 1 aliphatic rings. The maximum Gasteiger partial charge on any atom is 0.244 e. The summed E-state index contributed by atoms with van der Waals surface area (Å²) < 4.78 is 26.7. The molecule has 0 saturated carbocycles. The summed E-state index contributed by atoms with van der Waals surface area (Å²) >= 11 is 3.28. The van der Waals surface area contributed by atoms with Gasteiger partial charge >= 0.3 is 0 Å². The maximum absolute atomic E-state index is 12.3. The monoisotopic (exact) mass is 340 g/mol. The number of rotatable bonds is 2. The van der Waals surface area contributed by atoms with E-state index in [0.29, 0.717) is 35.5 Å². The van der Waals surface area contributed by atoms with Crippen LogP contribution in [0.25, 0.3) is 0 Å². The second kappa shape index (κ2) is 6.15. The molecule has 0 unspecified atom stereocenters. The molecular formula is C10H14BrClN2O2S. The Balaban J connectivity index is 0.00000144. The Kier molecular flexibility index (Phi) is 5.40. The third-order valence-corrected chi connectivity index (χ3v) is 5.44. The second-order valence-electron chi connectivity index (χ2n) is 3.58. The lowest BCUT2D eigenvalue weighted by Crippen LogP contribution is -2.46. The third-order valence-electron chi connectivity index (χ3n) is 2.53. The standard InChI is InChI=1S/C10H13BrN2O2S.ClH/c11-9-3-1-2-4-10(9)16(14,15)13-7-5-12-6-8-13;/h1-4,12H,5-8H2;1H. The average Bonchev–Trinajstić information content (AvgIpc) is 2.30. The van der Waals surface area contributed by atoms with E-state index in [1.165, 1.54) is 4.31 Å². The Morgan fingerprint density at radius 2 is 1.76 bits per heavy atom. The van der Waals surface area contributed by atoms with Crippen LogP contribution >= 0.6 is 28.3 Å². The third kappa shape index (κ3) is 3.20. The minimum Gasteiger partial charge on any atom is -0.314 e. The smallest absolute Gasteiger partial charge is 0.244 e. The van der Waals surface area contributed by atoms with Crippen LogP contribution in [0.2, 0.25) is 0 Å². The van der Waals surface area contributed by atoms with Crippen LogP contribution in [0.1, 0.15) is 0 Å². The van der Waals surface area contributed by atoms with Crippen molar-refractivity contribution in [3.05, 3.63) is 28.7 Å². The van der Waals surface area contributed by atoms with E-state index in [1.807, 2.05) is 0 Å². The van der Waals surface area contributed by atoms with Crippen LogP contribution in [0.5, 0.6) is 0 Å². The van der Waals surface area contributed by atoms with E-state index in [2.05, 4.69) is 21.2 Å². The molecule has 96 valence electrons. The molecule has 0 radical (unpaired) electrons. The predicted molar refractivity (Wildman–Crippen MR) is 73.0 cm³/mol. The van der Waals surface area contributed by atoms with E-state index in [9.17, 15) is 8.42 Å². The molecule has 1 aromatic carbocycles. The zero-order valence-electron chi connectivity index (χ0n) is 9.10. The van der Waals surface area contributed by atoms with Crippen molar-refractivity contribution in [2.75, 3.05) is 26.2 Å². The van der Waals surface area contributed by atoms with E-state index in [1.54, 1.807) is 24.3 Å². The molecule has 1 aromatic rings. The fourth-order valence-corrected chi connectivity index (χ4v) is 4.08. The highest BCUT2D eigenvalue weighted by atomic mass is 79.9. The molecular weight excluding hydrogens is 328 g/mol. The summed E-state index contributed by atoms with van der Waals surface area (Å²) in [6.07, 6.45) is 0. The van der Waals surface area contributed by atoms with Crippen molar-refractivity contribution in [3.8, 4) is 0 Å². The number of benzene rings is 1. The quantitative estimate of drug-likeness (QED) is 0.886. The van der Waals surface area contributed by atoms with Gasteiger partial charge in [0.05, 0.1) is 4.90 Å². The summed E-state index contributed by atoms with van der Waals surface area (Å²) in [5.74, 6) is 0. The van der Waals surface area contributed by atoms with Gasteiger partial charge in [0.2, 0.25) is 10.0 Å². The van der Waals surface area contributed by atoms with Crippen LogP contribution in [-0.2, 0) is 10.0 Å². The highest BCUT2D eigenvalue weighted by Gasteiger charge is 2.27. The molecule has 2 rings (SSSR count). The van der Waals surface area contributed by atoms with Gasteiger partial charge in [-0.15, -0.1) is 12.4 Å². The van der Waals surface area contributed by atoms with E-state index in [0.717, 1.165) is 0 Å². The lowest BCUT2D eigenvalue weighted by molar-refractivity contribution is 0.360. The predicted octanol–water partition coefficient (Wildman–Crippen LogP) is 1.46. The van der Waals surface area contributed by atoms with Gasteiger partial charge in [0.15, 0.2) is 0 Å². The number of halogens is 2. The molecule has 0 aliphatic carbocycles. The van der Waals surface area contributed by atoms with Gasteiger partial charge < -0.3 is 5.32 Å². The largest absolute Gasteiger partial charge is 0.314 e. The fourth-order valence-electron chi connectivity index (χ4n) is 1.68. The first kappa shape index (κ1) is 14.9. The molecule has 1 aliphatic heterocycles. The van der Waals surface area contributed by atoms with Gasteiger partial charge in [-0.3, -0.25) is 0 Å². The minimum absolute atomic E-state index is 0. The molecule has 1 N–H and O–H groups in total. The second-order valence-corrected chi connectivity index (χ2v) is 6.35. The Bertz CT molecular complexity index is 475. The van der Waals surface area contributed by atoms with Crippen molar-refractivity contribution < 1.29 is 8.42 Å². The van der Waals surface area contributed by atoms with E-state index < -0.39 is 10.0 Å². The summed E-state index contributed by atoms with van der Waals surface area (Å²) in [6.45, 7) is 2.49. The molecule has 0 amide bonds. The molecule has 0 atom stereocenters.